The number of carbonyl (C=O) groups is 1. The molecule has 1 fully saturated rings. The number of anilines is 1. The highest BCUT2D eigenvalue weighted by Crippen LogP contribution is 2.28. The quantitative estimate of drug-likeness (QED) is 0.719. The van der Waals surface area contributed by atoms with Crippen molar-refractivity contribution in [2.45, 2.75) is 57.0 Å². The normalized spacial score (nSPS) is 16.9. The lowest BCUT2D eigenvalue weighted by Crippen LogP contribution is -2.34. The van der Waals surface area contributed by atoms with Gasteiger partial charge in [0.2, 0.25) is 0 Å². The summed E-state index contributed by atoms with van der Waals surface area (Å²) in [7, 11) is -2.06. The number of amides is 1. The average molecular weight is 445 g/mol. The van der Waals surface area contributed by atoms with Crippen LogP contribution >= 0.6 is 0 Å². The van der Waals surface area contributed by atoms with Crippen LogP contribution in [0.3, 0.4) is 0 Å². The molecule has 0 spiro atoms. The minimum Gasteiger partial charge on any atom is -0.376 e. The van der Waals surface area contributed by atoms with Gasteiger partial charge in [0.15, 0.2) is 0 Å². The Hall–Kier alpha value is -2.38. The zero-order chi connectivity index (χ0) is 22.8. The SMILES string of the molecule is Cc1ccc(C(C)(C)C)cc1S(=O)(=O)Nc1cccc(C(=O)N(C)CC2CCCO2)c1. The third kappa shape index (κ3) is 5.66. The number of likely N-dealkylation sites (N-methyl/N-ethyl adjacent to an activating group) is 1. The maximum absolute atomic E-state index is 13.1. The number of carbonyl (C=O) groups excluding carboxylic acids is 1. The van der Waals surface area contributed by atoms with Gasteiger partial charge in [-0.05, 0) is 60.6 Å². The smallest absolute Gasteiger partial charge is 0.262 e. The number of sulfonamides is 1. The van der Waals surface area contributed by atoms with Crippen LogP contribution in [0.4, 0.5) is 5.69 Å². The Labute approximate surface area is 185 Å². The van der Waals surface area contributed by atoms with Crippen molar-refractivity contribution in [1.82, 2.24) is 4.90 Å². The molecule has 0 aliphatic carbocycles. The van der Waals surface area contributed by atoms with Crippen molar-refractivity contribution < 1.29 is 17.9 Å². The highest BCUT2D eigenvalue weighted by atomic mass is 32.2. The van der Waals surface area contributed by atoms with E-state index in [0.29, 0.717) is 23.4 Å². The van der Waals surface area contributed by atoms with Gasteiger partial charge in [0.05, 0.1) is 11.0 Å². The van der Waals surface area contributed by atoms with Gasteiger partial charge >= 0.3 is 0 Å². The molecule has 1 aliphatic heterocycles. The summed E-state index contributed by atoms with van der Waals surface area (Å²) in [4.78, 5) is 14.7. The summed E-state index contributed by atoms with van der Waals surface area (Å²) >= 11 is 0. The van der Waals surface area contributed by atoms with Crippen LogP contribution in [0.1, 0.15) is 55.1 Å². The first-order valence-corrected chi connectivity index (χ1v) is 12.1. The van der Waals surface area contributed by atoms with Crippen molar-refractivity contribution in [3.63, 3.8) is 0 Å². The van der Waals surface area contributed by atoms with Gasteiger partial charge in [-0.25, -0.2) is 8.42 Å². The van der Waals surface area contributed by atoms with E-state index in [4.69, 9.17) is 4.74 Å². The summed E-state index contributed by atoms with van der Waals surface area (Å²) in [6, 6.07) is 12.1. The van der Waals surface area contributed by atoms with E-state index < -0.39 is 10.0 Å². The first kappa shape index (κ1) is 23.3. The van der Waals surface area contributed by atoms with Gasteiger partial charge in [-0.2, -0.15) is 0 Å². The molecule has 0 bridgehead atoms. The van der Waals surface area contributed by atoms with E-state index in [-0.39, 0.29) is 22.3 Å². The van der Waals surface area contributed by atoms with Gasteiger partial charge in [-0.3, -0.25) is 9.52 Å². The summed E-state index contributed by atoms with van der Waals surface area (Å²) in [5.41, 5.74) is 2.23. The van der Waals surface area contributed by atoms with E-state index in [0.717, 1.165) is 25.0 Å². The second-order valence-electron chi connectivity index (χ2n) is 9.24. The molecule has 3 rings (SSSR count). The Morgan fingerprint density at radius 2 is 1.94 bits per heavy atom. The number of nitrogens with one attached hydrogen (secondary N) is 1. The highest BCUT2D eigenvalue weighted by Gasteiger charge is 2.23. The molecular weight excluding hydrogens is 412 g/mol. The molecule has 1 unspecified atom stereocenters. The van der Waals surface area contributed by atoms with Crippen molar-refractivity contribution in [3.05, 3.63) is 59.2 Å². The maximum atomic E-state index is 13.1. The molecule has 1 atom stereocenters. The number of hydrogen-bond acceptors (Lipinski definition) is 4. The highest BCUT2D eigenvalue weighted by molar-refractivity contribution is 7.92. The fourth-order valence-corrected chi connectivity index (χ4v) is 5.00. The van der Waals surface area contributed by atoms with Gasteiger partial charge in [0, 0.05) is 31.5 Å². The zero-order valence-electron chi connectivity index (χ0n) is 18.9. The van der Waals surface area contributed by atoms with E-state index in [9.17, 15) is 13.2 Å². The van der Waals surface area contributed by atoms with Crippen molar-refractivity contribution in [2.24, 2.45) is 0 Å². The van der Waals surface area contributed by atoms with E-state index in [1.54, 1.807) is 49.2 Å². The number of ether oxygens (including phenoxy) is 1. The lowest BCUT2D eigenvalue weighted by molar-refractivity contribution is 0.0587. The number of nitrogens with zero attached hydrogens (tertiary/aromatic N) is 1. The largest absolute Gasteiger partial charge is 0.376 e. The Bertz CT molecular complexity index is 1050. The molecule has 0 saturated carbocycles. The lowest BCUT2D eigenvalue weighted by Gasteiger charge is -2.22. The van der Waals surface area contributed by atoms with Gasteiger partial charge in [0.25, 0.3) is 15.9 Å². The molecule has 0 aromatic heterocycles. The number of rotatable bonds is 6. The fraction of sp³-hybridized carbons (Fsp3) is 0.458. The number of aryl methyl sites for hydroxylation is 1. The topological polar surface area (TPSA) is 75.7 Å². The van der Waals surface area contributed by atoms with Gasteiger partial charge in [0.1, 0.15) is 0 Å². The predicted molar refractivity (Wildman–Crippen MR) is 123 cm³/mol. The molecular formula is C24H32N2O4S. The van der Waals surface area contributed by atoms with E-state index in [1.807, 2.05) is 32.9 Å². The lowest BCUT2D eigenvalue weighted by atomic mass is 9.87. The predicted octanol–water partition coefficient (Wildman–Crippen LogP) is 4.34. The summed E-state index contributed by atoms with van der Waals surface area (Å²) in [5, 5.41) is 0. The van der Waals surface area contributed by atoms with Crippen LogP contribution in [0.15, 0.2) is 47.4 Å². The van der Waals surface area contributed by atoms with Gasteiger partial charge < -0.3 is 9.64 Å². The van der Waals surface area contributed by atoms with Crippen molar-refractivity contribution >= 4 is 21.6 Å². The molecule has 7 heteroatoms. The van der Waals surface area contributed by atoms with Crippen LogP contribution in [0.5, 0.6) is 0 Å². The first-order chi connectivity index (χ1) is 14.5. The Kier molecular flexibility index (Phi) is 6.76. The van der Waals surface area contributed by atoms with Gasteiger partial charge in [-0.15, -0.1) is 0 Å². The van der Waals surface area contributed by atoms with Gasteiger partial charge in [-0.1, -0.05) is 39.0 Å². The summed E-state index contributed by atoms with van der Waals surface area (Å²) < 4.78 is 34.5. The van der Waals surface area contributed by atoms with Crippen LogP contribution in [-0.2, 0) is 20.2 Å². The summed E-state index contributed by atoms with van der Waals surface area (Å²) in [5.74, 6) is -0.164. The van der Waals surface area contributed by atoms with E-state index in [1.165, 1.54) is 0 Å². The number of benzene rings is 2. The Balaban J connectivity index is 1.81. The molecule has 1 N–H and O–H groups in total. The Morgan fingerprint density at radius 3 is 2.58 bits per heavy atom. The van der Waals surface area contributed by atoms with Crippen molar-refractivity contribution in [1.29, 1.82) is 0 Å². The van der Waals surface area contributed by atoms with E-state index in [2.05, 4.69) is 4.72 Å². The van der Waals surface area contributed by atoms with Crippen LogP contribution in [0.2, 0.25) is 0 Å². The third-order valence-corrected chi connectivity index (χ3v) is 7.08. The van der Waals surface area contributed by atoms with Crippen LogP contribution in [0.25, 0.3) is 0 Å². The monoisotopic (exact) mass is 444 g/mol. The van der Waals surface area contributed by atoms with Crippen LogP contribution in [-0.4, -0.2) is 45.5 Å². The molecule has 1 aliphatic rings. The summed E-state index contributed by atoms with van der Waals surface area (Å²) in [6.45, 7) is 9.17. The molecule has 168 valence electrons. The van der Waals surface area contributed by atoms with Crippen molar-refractivity contribution in [2.75, 3.05) is 24.9 Å². The number of hydrogen-bond donors (Lipinski definition) is 1. The molecule has 1 saturated heterocycles. The van der Waals surface area contributed by atoms with Crippen LogP contribution in [0, 0.1) is 6.92 Å². The minimum absolute atomic E-state index is 0.0636. The second kappa shape index (κ2) is 9.01. The average Bonchev–Trinajstić information content (AvgIpc) is 3.19. The molecule has 2 aromatic carbocycles. The van der Waals surface area contributed by atoms with Crippen molar-refractivity contribution in [3.8, 4) is 0 Å². The minimum atomic E-state index is -3.80. The third-order valence-electron chi connectivity index (χ3n) is 5.55. The molecule has 1 heterocycles. The molecule has 1 amide bonds. The maximum Gasteiger partial charge on any atom is 0.262 e. The second-order valence-corrected chi connectivity index (χ2v) is 10.9. The fourth-order valence-electron chi connectivity index (χ4n) is 3.68. The standard InChI is InChI=1S/C24H32N2O4S/c1-17-11-12-19(24(2,3)4)15-22(17)31(28,29)25-20-9-6-8-18(14-20)23(27)26(5)16-21-10-7-13-30-21/h6,8-9,11-12,14-15,21,25H,7,10,13,16H2,1-5H3. The molecule has 6 nitrogen and oxygen atoms in total. The first-order valence-electron chi connectivity index (χ1n) is 10.6. The molecule has 0 radical (unpaired) electrons. The Morgan fingerprint density at radius 1 is 1.19 bits per heavy atom. The zero-order valence-corrected chi connectivity index (χ0v) is 19.8. The summed E-state index contributed by atoms with van der Waals surface area (Å²) in [6.07, 6.45) is 2.03. The van der Waals surface area contributed by atoms with E-state index >= 15 is 0 Å². The molecule has 31 heavy (non-hydrogen) atoms. The van der Waals surface area contributed by atoms with Crippen LogP contribution < -0.4 is 4.72 Å². The molecule has 2 aromatic rings.